The highest BCUT2D eigenvalue weighted by Crippen LogP contribution is 2.30. The molecule has 1 N–H and O–H groups in total. The Morgan fingerprint density at radius 1 is 1.33 bits per heavy atom. The molecule has 2 nitrogen and oxygen atoms in total. The first-order valence-corrected chi connectivity index (χ1v) is 7.33. The minimum Gasteiger partial charge on any atom is -0.368 e. The molecule has 2 rings (SSSR count). The molecule has 0 aliphatic carbocycles. The molecule has 1 aliphatic heterocycles. The molecule has 1 aliphatic rings. The van der Waals surface area contributed by atoms with Gasteiger partial charge in [0.2, 0.25) is 0 Å². The van der Waals surface area contributed by atoms with Gasteiger partial charge >= 0.3 is 0 Å². The highest BCUT2D eigenvalue weighted by Gasteiger charge is 2.24. The fourth-order valence-electron chi connectivity index (χ4n) is 2.97. The number of anilines is 1. The SMILES string of the molecule is CCNCc1cc(C)ccc1N1CCCC1CC. The maximum absolute atomic E-state index is 3.46. The van der Waals surface area contributed by atoms with Crippen LogP contribution in [0.25, 0.3) is 0 Å². The molecule has 0 bridgehead atoms. The Morgan fingerprint density at radius 2 is 2.17 bits per heavy atom. The lowest BCUT2D eigenvalue weighted by Gasteiger charge is -2.28. The predicted octanol–water partition coefficient (Wildman–Crippen LogP) is 3.48. The van der Waals surface area contributed by atoms with Crippen molar-refractivity contribution in [2.75, 3.05) is 18.0 Å². The molecular weight excluding hydrogens is 220 g/mol. The quantitative estimate of drug-likeness (QED) is 0.855. The molecule has 1 aromatic carbocycles. The average Bonchev–Trinajstić information content (AvgIpc) is 2.84. The zero-order chi connectivity index (χ0) is 13.0. The van der Waals surface area contributed by atoms with Crippen LogP contribution in [0.1, 0.15) is 44.2 Å². The van der Waals surface area contributed by atoms with Crippen LogP contribution in [0.5, 0.6) is 0 Å². The molecule has 100 valence electrons. The summed E-state index contributed by atoms with van der Waals surface area (Å²) in [5.74, 6) is 0. The van der Waals surface area contributed by atoms with Gasteiger partial charge in [0.05, 0.1) is 0 Å². The predicted molar refractivity (Wildman–Crippen MR) is 79.2 cm³/mol. The minimum absolute atomic E-state index is 0.744. The molecule has 1 atom stereocenters. The van der Waals surface area contributed by atoms with Crippen molar-refractivity contribution in [1.82, 2.24) is 5.32 Å². The Balaban J connectivity index is 2.25. The van der Waals surface area contributed by atoms with Gasteiger partial charge in [-0.05, 0) is 44.4 Å². The second kappa shape index (κ2) is 6.24. The van der Waals surface area contributed by atoms with Gasteiger partial charge in [0.15, 0.2) is 0 Å². The monoisotopic (exact) mass is 246 g/mol. The molecule has 0 saturated carbocycles. The van der Waals surface area contributed by atoms with E-state index in [1.165, 1.54) is 42.6 Å². The van der Waals surface area contributed by atoms with Gasteiger partial charge in [-0.15, -0.1) is 0 Å². The largest absolute Gasteiger partial charge is 0.368 e. The summed E-state index contributed by atoms with van der Waals surface area (Å²) in [6.45, 7) is 9.90. The van der Waals surface area contributed by atoms with Gasteiger partial charge in [-0.3, -0.25) is 0 Å². The summed E-state index contributed by atoms with van der Waals surface area (Å²) >= 11 is 0. The summed E-state index contributed by atoms with van der Waals surface area (Å²) in [5, 5.41) is 3.46. The molecule has 1 unspecified atom stereocenters. The molecule has 1 saturated heterocycles. The van der Waals surface area contributed by atoms with Crippen LogP contribution < -0.4 is 10.2 Å². The van der Waals surface area contributed by atoms with Crippen LogP contribution >= 0.6 is 0 Å². The van der Waals surface area contributed by atoms with Crippen molar-refractivity contribution in [2.45, 2.75) is 52.6 Å². The number of hydrogen-bond donors (Lipinski definition) is 1. The van der Waals surface area contributed by atoms with Crippen molar-refractivity contribution in [3.8, 4) is 0 Å². The third-order valence-corrected chi connectivity index (χ3v) is 3.96. The number of benzene rings is 1. The first kappa shape index (κ1) is 13.4. The zero-order valence-corrected chi connectivity index (χ0v) is 12.0. The van der Waals surface area contributed by atoms with Crippen LogP contribution in [0.15, 0.2) is 18.2 Å². The van der Waals surface area contributed by atoms with E-state index in [1.807, 2.05) is 0 Å². The smallest absolute Gasteiger partial charge is 0.0414 e. The zero-order valence-electron chi connectivity index (χ0n) is 12.0. The van der Waals surface area contributed by atoms with Crippen LogP contribution in [0.4, 0.5) is 5.69 Å². The van der Waals surface area contributed by atoms with Gasteiger partial charge in [0, 0.05) is 24.8 Å². The van der Waals surface area contributed by atoms with E-state index in [1.54, 1.807) is 0 Å². The standard InChI is InChI=1S/C16H26N2/c1-4-15-7-6-10-18(15)16-9-8-13(3)11-14(16)12-17-5-2/h8-9,11,15,17H,4-7,10,12H2,1-3H3. The van der Waals surface area contributed by atoms with Crippen LogP contribution in [0, 0.1) is 6.92 Å². The van der Waals surface area contributed by atoms with E-state index in [4.69, 9.17) is 0 Å². The normalized spacial score (nSPS) is 19.5. The number of aryl methyl sites for hydroxylation is 1. The van der Waals surface area contributed by atoms with Gasteiger partial charge in [-0.25, -0.2) is 0 Å². The number of rotatable bonds is 5. The summed E-state index contributed by atoms with van der Waals surface area (Å²) in [4.78, 5) is 2.62. The third kappa shape index (κ3) is 2.86. The Bertz CT molecular complexity index is 387. The van der Waals surface area contributed by atoms with E-state index in [-0.39, 0.29) is 0 Å². The highest BCUT2D eigenvalue weighted by molar-refractivity contribution is 5.56. The van der Waals surface area contributed by atoms with E-state index < -0.39 is 0 Å². The van der Waals surface area contributed by atoms with E-state index in [0.29, 0.717) is 0 Å². The van der Waals surface area contributed by atoms with Crippen LogP contribution in [-0.4, -0.2) is 19.1 Å². The van der Waals surface area contributed by atoms with Crippen LogP contribution in [0.3, 0.4) is 0 Å². The van der Waals surface area contributed by atoms with Crippen LogP contribution in [0.2, 0.25) is 0 Å². The summed E-state index contributed by atoms with van der Waals surface area (Å²) in [6.07, 6.45) is 3.95. The maximum atomic E-state index is 3.46. The molecule has 0 spiro atoms. The van der Waals surface area contributed by atoms with E-state index in [0.717, 1.165) is 19.1 Å². The van der Waals surface area contributed by atoms with Gasteiger partial charge in [-0.1, -0.05) is 31.5 Å². The Kier molecular flexibility index (Phi) is 4.65. The van der Waals surface area contributed by atoms with Crippen molar-refractivity contribution in [3.63, 3.8) is 0 Å². The van der Waals surface area contributed by atoms with Gasteiger partial charge < -0.3 is 10.2 Å². The van der Waals surface area contributed by atoms with Crippen molar-refractivity contribution in [3.05, 3.63) is 29.3 Å². The van der Waals surface area contributed by atoms with E-state index >= 15 is 0 Å². The van der Waals surface area contributed by atoms with E-state index in [2.05, 4.69) is 49.2 Å². The van der Waals surface area contributed by atoms with Gasteiger partial charge in [0.25, 0.3) is 0 Å². The molecular formula is C16H26N2. The van der Waals surface area contributed by atoms with Crippen LogP contribution in [-0.2, 0) is 6.54 Å². The molecule has 0 aromatic heterocycles. The molecule has 18 heavy (non-hydrogen) atoms. The lowest BCUT2D eigenvalue weighted by Crippen LogP contribution is -2.30. The summed E-state index contributed by atoms with van der Waals surface area (Å²) < 4.78 is 0. The second-order valence-corrected chi connectivity index (χ2v) is 5.31. The second-order valence-electron chi connectivity index (χ2n) is 5.31. The van der Waals surface area contributed by atoms with E-state index in [9.17, 15) is 0 Å². The first-order valence-electron chi connectivity index (χ1n) is 7.33. The Morgan fingerprint density at radius 3 is 2.89 bits per heavy atom. The van der Waals surface area contributed by atoms with Gasteiger partial charge in [-0.2, -0.15) is 0 Å². The molecule has 1 heterocycles. The summed E-state index contributed by atoms with van der Waals surface area (Å²) in [7, 11) is 0. The topological polar surface area (TPSA) is 15.3 Å². The number of hydrogen-bond acceptors (Lipinski definition) is 2. The Hall–Kier alpha value is -1.02. The number of nitrogens with zero attached hydrogens (tertiary/aromatic N) is 1. The molecule has 0 radical (unpaired) electrons. The van der Waals surface area contributed by atoms with Gasteiger partial charge in [0.1, 0.15) is 0 Å². The fraction of sp³-hybridized carbons (Fsp3) is 0.625. The first-order chi connectivity index (χ1) is 8.76. The molecule has 0 amide bonds. The van der Waals surface area contributed by atoms with Crippen molar-refractivity contribution >= 4 is 5.69 Å². The minimum atomic E-state index is 0.744. The summed E-state index contributed by atoms with van der Waals surface area (Å²) in [5.41, 5.74) is 4.27. The third-order valence-electron chi connectivity index (χ3n) is 3.96. The fourth-order valence-corrected chi connectivity index (χ4v) is 2.97. The summed E-state index contributed by atoms with van der Waals surface area (Å²) in [6, 6.07) is 7.64. The lowest BCUT2D eigenvalue weighted by atomic mass is 10.1. The van der Waals surface area contributed by atoms with Crippen molar-refractivity contribution in [2.24, 2.45) is 0 Å². The van der Waals surface area contributed by atoms with Crippen molar-refractivity contribution in [1.29, 1.82) is 0 Å². The average molecular weight is 246 g/mol. The molecule has 1 aromatic rings. The molecule has 2 heteroatoms. The Labute approximate surface area is 111 Å². The lowest BCUT2D eigenvalue weighted by molar-refractivity contribution is 0.640. The van der Waals surface area contributed by atoms with Crippen molar-refractivity contribution < 1.29 is 0 Å². The maximum Gasteiger partial charge on any atom is 0.0414 e. The molecule has 1 fully saturated rings. The highest BCUT2D eigenvalue weighted by atomic mass is 15.2. The number of nitrogens with one attached hydrogen (secondary N) is 1.